The fourth-order valence-corrected chi connectivity index (χ4v) is 2.99. The van der Waals surface area contributed by atoms with Gasteiger partial charge in [0, 0.05) is 33.3 Å². The molecule has 122 valence electrons. The van der Waals surface area contributed by atoms with Gasteiger partial charge in [-0.05, 0) is 48.5 Å². The summed E-state index contributed by atoms with van der Waals surface area (Å²) in [4.78, 5) is 13.1. The Kier molecular flexibility index (Phi) is 5.51. The molecule has 5 nitrogen and oxygen atoms in total. The highest BCUT2D eigenvalue weighted by Gasteiger charge is 2.06. The fourth-order valence-electron chi connectivity index (χ4n) is 2.01. The molecule has 3 rings (SSSR count). The fraction of sp³-hybridized carbons (Fsp3) is 0.118. The highest BCUT2D eigenvalue weighted by Crippen LogP contribution is 2.22. The van der Waals surface area contributed by atoms with E-state index in [1.165, 1.54) is 6.39 Å². The van der Waals surface area contributed by atoms with E-state index in [9.17, 15) is 4.79 Å². The zero-order valence-corrected chi connectivity index (χ0v) is 14.2. The molecule has 0 aliphatic carbocycles. The minimum absolute atomic E-state index is 0.0259. The highest BCUT2D eigenvalue weighted by molar-refractivity contribution is 7.99. The van der Waals surface area contributed by atoms with Gasteiger partial charge in [-0.1, -0.05) is 11.6 Å². The normalized spacial score (nSPS) is 10.5. The van der Waals surface area contributed by atoms with Crippen molar-refractivity contribution in [1.82, 2.24) is 10.2 Å². The van der Waals surface area contributed by atoms with Crippen molar-refractivity contribution < 1.29 is 9.21 Å². The summed E-state index contributed by atoms with van der Waals surface area (Å²) in [6, 6.07) is 14.8. The average Bonchev–Trinajstić information content (AvgIpc) is 3.12. The van der Waals surface area contributed by atoms with E-state index in [4.69, 9.17) is 16.0 Å². The molecule has 7 heteroatoms. The summed E-state index contributed by atoms with van der Waals surface area (Å²) in [5.41, 5.74) is 1.54. The van der Waals surface area contributed by atoms with E-state index >= 15 is 0 Å². The van der Waals surface area contributed by atoms with Crippen LogP contribution in [0.5, 0.6) is 0 Å². The zero-order valence-electron chi connectivity index (χ0n) is 12.6. The third kappa shape index (κ3) is 4.59. The lowest BCUT2D eigenvalue weighted by Gasteiger charge is -2.06. The van der Waals surface area contributed by atoms with Crippen LogP contribution in [-0.4, -0.2) is 21.9 Å². The molecule has 1 heterocycles. The number of thioether (sulfide) groups is 1. The van der Waals surface area contributed by atoms with Crippen molar-refractivity contribution in [3.05, 3.63) is 59.9 Å². The number of nitrogens with zero attached hydrogens (tertiary/aromatic N) is 2. The number of benzene rings is 2. The van der Waals surface area contributed by atoms with Gasteiger partial charge in [0.2, 0.25) is 18.2 Å². The molecule has 24 heavy (non-hydrogen) atoms. The number of rotatable bonds is 6. The van der Waals surface area contributed by atoms with Gasteiger partial charge in [-0.15, -0.1) is 22.0 Å². The largest absolute Gasteiger partial charge is 0.423 e. The molecule has 0 bridgehead atoms. The number of nitrogens with one attached hydrogen (secondary N) is 1. The quantitative estimate of drug-likeness (QED) is 0.656. The first-order valence-corrected chi connectivity index (χ1v) is 8.62. The van der Waals surface area contributed by atoms with Gasteiger partial charge >= 0.3 is 0 Å². The summed E-state index contributed by atoms with van der Waals surface area (Å²) in [5.74, 6) is 1.13. The first kappa shape index (κ1) is 16.5. The highest BCUT2D eigenvalue weighted by atomic mass is 35.5. The minimum atomic E-state index is -0.0259. The molecule has 1 N–H and O–H groups in total. The lowest BCUT2D eigenvalue weighted by molar-refractivity contribution is -0.115. The second kappa shape index (κ2) is 7.99. The van der Waals surface area contributed by atoms with Gasteiger partial charge in [0.05, 0.1) is 0 Å². The molecule has 0 atom stereocenters. The van der Waals surface area contributed by atoms with Crippen molar-refractivity contribution in [2.75, 3.05) is 11.1 Å². The van der Waals surface area contributed by atoms with E-state index in [-0.39, 0.29) is 5.91 Å². The lowest BCUT2D eigenvalue weighted by atomic mass is 10.2. The van der Waals surface area contributed by atoms with Crippen LogP contribution in [0.2, 0.25) is 5.02 Å². The Hall–Kier alpha value is -2.31. The Morgan fingerprint density at radius 2 is 1.88 bits per heavy atom. The number of carbonyl (C=O) groups excluding carboxylic acids is 1. The summed E-state index contributed by atoms with van der Waals surface area (Å²) in [7, 11) is 0. The van der Waals surface area contributed by atoms with Crippen LogP contribution in [0.25, 0.3) is 11.5 Å². The standard InChI is InChI=1S/C17H14ClN3O2S/c18-13-3-7-15(8-4-13)24-10-9-16(22)20-14-5-1-12(2-6-14)17-21-19-11-23-17/h1-8,11H,9-10H2,(H,20,22). The summed E-state index contributed by atoms with van der Waals surface area (Å²) >= 11 is 7.47. The van der Waals surface area contributed by atoms with Crippen molar-refractivity contribution in [3.8, 4) is 11.5 Å². The average molecular weight is 360 g/mol. The third-order valence-corrected chi connectivity index (χ3v) is 4.45. The molecule has 0 aliphatic heterocycles. The topological polar surface area (TPSA) is 68.0 Å². The Balaban J connectivity index is 1.47. The van der Waals surface area contributed by atoms with Crippen molar-refractivity contribution >= 4 is 35.0 Å². The summed E-state index contributed by atoms with van der Waals surface area (Å²) in [6.07, 6.45) is 1.71. The van der Waals surface area contributed by atoms with Gasteiger partial charge in [0.15, 0.2) is 0 Å². The maximum Gasteiger partial charge on any atom is 0.247 e. The summed E-state index contributed by atoms with van der Waals surface area (Å²) in [6.45, 7) is 0. The van der Waals surface area contributed by atoms with Crippen LogP contribution >= 0.6 is 23.4 Å². The van der Waals surface area contributed by atoms with E-state index in [0.717, 1.165) is 16.1 Å². The van der Waals surface area contributed by atoms with Crippen LogP contribution in [0.15, 0.2) is 64.2 Å². The van der Waals surface area contributed by atoms with E-state index in [1.807, 2.05) is 48.5 Å². The first-order chi connectivity index (χ1) is 11.7. The van der Waals surface area contributed by atoms with Crippen molar-refractivity contribution in [1.29, 1.82) is 0 Å². The van der Waals surface area contributed by atoms with Crippen LogP contribution in [0, 0.1) is 0 Å². The Labute approximate surface area is 148 Å². The Bertz CT molecular complexity index is 790. The molecule has 0 radical (unpaired) electrons. The number of amides is 1. The molecule has 1 amide bonds. The predicted octanol–water partition coefficient (Wildman–Crippen LogP) is 4.51. The smallest absolute Gasteiger partial charge is 0.247 e. The molecule has 0 spiro atoms. The maximum absolute atomic E-state index is 12.0. The molecule has 0 fully saturated rings. The number of anilines is 1. The van der Waals surface area contributed by atoms with E-state index in [2.05, 4.69) is 15.5 Å². The number of carbonyl (C=O) groups is 1. The van der Waals surface area contributed by atoms with E-state index < -0.39 is 0 Å². The molecule has 1 aromatic heterocycles. The van der Waals surface area contributed by atoms with Crippen LogP contribution in [-0.2, 0) is 4.79 Å². The lowest BCUT2D eigenvalue weighted by Crippen LogP contribution is -2.12. The van der Waals surface area contributed by atoms with Gasteiger partial charge in [0.25, 0.3) is 0 Å². The van der Waals surface area contributed by atoms with Crippen LogP contribution in [0.1, 0.15) is 6.42 Å². The molecule has 3 aromatic rings. The second-order valence-electron chi connectivity index (χ2n) is 4.92. The molecular weight excluding hydrogens is 346 g/mol. The van der Waals surface area contributed by atoms with Crippen molar-refractivity contribution in [2.24, 2.45) is 0 Å². The van der Waals surface area contributed by atoms with Crippen LogP contribution < -0.4 is 5.32 Å². The monoisotopic (exact) mass is 359 g/mol. The summed E-state index contributed by atoms with van der Waals surface area (Å²) < 4.78 is 5.12. The van der Waals surface area contributed by atoms with Crippen LogP contribution in [0.4, 0.5) is 5.69 Å². The number of hydrogen-bond acceptors (Lipinski definition) is 5. The van der Waals surface area contributed by atoms with E-state index in [0.29, 0.717) is 23.1 Å². The predicted molar refractivity (Wildman–Crippen MR) is 95.2 cm³/mol. The van der Waals surface area contributed by atoms with Gasteiger partial charge in [-0.3, -0.25) is 4.79 Å². The Morgan fingerprint density at radius 1 is 1.12 bits per heavy atom. The van der Waals surface area contributed by atoms with Crippen LogP contribution in [0.3, 0.4) is 0 Å². The third-order valence-electron chi connectivity index (χ3n) is 3.19. The maximum atomic E-state index is 12.0. The minimum Gasteiger partial charge on any atom is -0.423 e. The second-order valence-corrected chi connectivity index (χ2v) is 6.53. The van der Waals surface area contributed by atoms with Gasteiger partial charge < -0.3 is 9.73 Å². The SMILES string of the molecule is O=C(CCSc1ccc(Cl)cc1)Nc1ccc(-c2nnco2)cc1. The van der Waals surface area contributed by atoms with Crippen molar-refractivity contribution in [2.45, 2.75) is 11.3 Å². The number of halogens is 1. The summed E-state index contributed by atoms with van der Waals surface area (Å²) in [5, 5.41) is 11.1. The molecule has 0 saturated heterocycles. The molecule has 0 unspecified atom stereocenters. The zero-order chi connectivity index (χ0) is 16.8. The van der Waals surface area contributed by atoms with Gasteiger partial charge in [0.1, 0.15) is 0 Å². The molecular formula is C17H14ClN3O2S. The molecule has 0 saturated carbocycles. The van der Waals surface area contributed by atoms with Gasteiger partial charge in [-0.25, -0.2) is 0 Å². The molecule has 0 aliphatic rings. The molecule has 2 aromatic carbocycles. The first-order valence-electron chi connectivity index (χ1n) is 7.25. The number of hydrogen-bond donors (Lipinski definition) is 1. The van der Waals surface area contributed by atoms with Crippen molar-refractivity contribution in [3.63, 3.8) is 0 Å². The van der Waals surface area contributed by atoms with E-state index in [1.54, 1.807) is 11.8 Å². The Morgan fingerprint density at radius 3 is 2.54 bits per heavy atom. The number of aromatic nitrogens is 2. The van der Waals surface area contributed by atoms with Gasteiger partial charge in [-0.2, -0.15) is 0 Å².